The van der Waals surface area contributed by atoms with Crippen molar-refractivity contribution in [3.63, 3.8) is 0 Å². The van der Waals surface area contributed by atoms with E-state index in [9.17, 15) is 9.90 Å². The molecule has 1 heterocycles. The van der Waals surface area contributed by atoms with Crippen molar-refractivity contribution in [3.05, 3.63) is 29.6 Å². The van der Waals surface area contributed by atoms with Crippen LogP contribution < -0.4 is 0 Å². The smallest absolute Gasteiger partial charge is 0.309 e. The van der Waals surface area contributed by atoms with Crippen molar-refractivity contribution >= 4 is 17.0 Å². The minimum absolute atomic E-state index is 0.426. The minimum Gasteiger partial charge on any atom is -0.481 e. The number of nitrogens with zero attached hydrogens (tertiary/aromatic N) is 2. The van der Waals surface area contributed by atoms with Crippen molar-refractivity contribution < 1.29 is 9.90 Å². The van der Waals surface area contributed by atoms with Crippen LogP contribution in [0.25, 0.3) is 11.0 Å². The first-order valence-corrected chi connectivity index (χ1v) is 6.53. The number of carbonyl (C=O) groups is 1. The number of fused-ring (bicyclic) bond motifs is 1. The summed E-state index contributed by atoms with van der Waals surface area (Å²) in [6.45, 7) is 5.57. The average molecular weight is 260 g/mol. The zero-order chi connectivity index (χ0) is 14.2. The maximum atomic E-state index is 11.2. The Hall–Kier alpha value is -1.84. The van der Waals surface area contributed by atoms with Crippen molar-refractivity contribution in [1.82, 2.24) is 9.55 Å². The predicted molar refractivity (Wildman–Crippen MR) is 75.2 cm³/mol. The molecule has 4 nitrogen and oxygen atoms in total. The summed E-state index contributed by atoms with van der Waals surface area (Å²) in [4.78, 5) is 15.8. The summed E-state index contributed by atoms with van der Waals surface area (Å²) in [5.74, 6) is 0.0180. The highest BCUT2D eigenvalue weighted by Gasteiger charge is 2.29. The number of rotatable bonds is 4. The van der Waals surface area contributed by atoms with Gasteiger partial charge in [-0.2, -0.15) is 0 Å². The summed E-state index contributed by atoms with van der Waals surface area (Å²) in [5.41, 5.74) is 2.45. The monoisotopic (exact) mass is 260 g/mol. The molecule has 0 aliphatic rings. The van der Waals surface area contributed by atoms with Crippen LogP contribution in [0.2, 0.25) is 0 Å². The normalized spacial score (nSPS) is 12.0. The quantitative estimate of drug-likeness (QED) is 0.919. The first-order chi connectivity index (χ1) is 8.85. The van der Waals surface area contributed by atoms with Gasteiger partial charge in [0.15, 0.2) is 0 Å². The van der Waals surface area contributed by atoms with E-state index in [1.54, 1.807) is 13.8 Å². The Morgan fingerprint density at radius 1 is 1.42 bits per heavy atom. The lowest BCUT2D eigenvalue weighted by atomic mass is 9.89. The molecule has 1 aromatic heterocycles. The fourth-order valence-electron chi connectivity index (χ4n) is 2.13. The number of carboxylic acid groups (broad SMARTS) is 1. The van der Waals surface area contributed by atoms with Gasteiger partial charge < -0.3 is 9.67 Å². The third-order valence-electron chi connectivity index (χ3n) is 3.63. The highest BCUT2D eigenvalue weighted by molar-refractivity contribution is 5.78. The molecule has 0 bridgehead atoms. The molecular formula is C15H20N2O2. The number of aryl methyl sites for hydroxylation is 2. The molecule has 0 saturated heterocycles. The van der Waals surface area contributed by atoms with Gasteiger partial charge in [0, 0.05) is 13.5 Å². The SMILES string of the molecule is CCc1ccc2nc(CC(C)(C)C(=O)O)n(C)c2c1. The van der Waals surface area contributed by atoms with Crippen LogP contribution in [-0.2, 0) is 24.7 Å². The third kappa shape index (κ3) is 2.48. The minimum atomic E-state index is -0.803. The summed E-state index contributed by atoms with van der Waals surface area (Å²) in [7, 11) is 1.95. The molecule has 0 atom stereocenters. The first-order valence-electron chi connectivity index (χ1n) is 6.53. The van der Waals surface area contributed by atoms with E-state index in [4.69, 9.17) is 0 Å². The molecule has 4 heteroatoms. The fourth-order valence-corrected chi connectivity index (χ4v) is 2.13. The van der Waals surface area contributed by atoms with Crippen molar-refractivity contribution in [3.8, 4) is 0 Å². The fraction of sp³-hybridized carbons (Fsp3) is 0.467. The number of carboxylic acids is 1. The second-order valence-corrected chi connectivity index (χ2v) is 5.63. The molecule has 1 N–H and O–H groups in total. The maximum Gasteiger partial charge on any atom is 0.309 e. The highest BCUT2D eigenvalue weighted by Crippen LogP contribution is 2.24. The van der Waals surface area contributed by atoms with E-state index in [0.717, 1.165) is 23.3 Å². The van der Waals surface area contributed by atoms with Gasteiger partial charge in [0.2, 0.25) is 0 Å². The molecule has 0 aliphatic carbocycles. The third-order valence-corrected chi connectivity index (χ3v) is 3.63. The second-order valence-electron chi connectivity index (χ2n) is 5.63. The van der Waals surface area contributed by atoms with Gasteiger partial charge in [-0.3, -0.25) is 4.79 Å². The molecule has 0 aliphatic heterocycles. The van der Waals surface area contributed by atoms with Crippen molar-refractivity contribution in [2.75, 3.05) is 0 Å². The topological polar surface area (TPSA) is 55.1 Å². The van der Waals surface area contributed by atoms with Crippen LogP contribution in [0.1, 0.15) is 32.2 Å². The van der Waals surface area contributed by atoms with Crippen molar-refractivity contribution in [2.24, 2.45) is 12.5 Å². The van der Waals surface area contributed by atoms with E-state index in [1.165, 1.54) is 5.56 Å². The molecular weight excluding hydrogens is 240 g/mol. The number of hydrogen-bond donors (Lipinski definition) is 1. The van der Waals surface area contributed by atoms with E-state index in [-0.39, 0.29) is 0 Å². The van der Waals surface area contributed by atoms with Crippen LogP contribution in [0.15, 0.2) is 18.2 Å². The number of imidazole rings is 1. The summed E-state index contributed by atoms with van der Waals surface area (Å²) < 4.78 is 2.00. The number of aliphatic carboxylic acids is 1. The van der Waals surface area contributed by atoms with E-state index in [2.05, 4.69) is 24.0 Å². The molecule has 0 radical (unpaired) electrons. The lowest BCUT2D eigenvalue weighted by Gasteiger charge is -2.18. The van der Waals surface area contributed by atoms with E-state index in [1.807, 2.05) is 17.7 Å². The number of benzene rings is 1. The molecule has 1 aromatic carbocycles. The Labute approximate surface area is 113 Å². The lowest BCUT2D eigenvalue weighted by Crippen LogP contribution is -2.27. The van der Waals surface area contributed by atoms with Crippen LogP contribution in [0.3, 0.4) is 0 Å². The van der Waals surface area contributed by atoms with E-state index < -0.39 is 11.4 Å². The van der Waals surface area contributed by atoms with Gasteiger partial charge in [0.1, 0.15) is 5.82 Å². The van der Waals surface area contributed by atoms with Crippen LogP contribution >= 0.6 is 0 Å². The molecule has 0 spiro atoms. The van der Waals surface area contributed by atoms with Crippen molar-refractivity contribution in [1.29, 1.82) is 0 Å². The van der Waals surface area contributed by atoms with Gasteiger partial charge in [-0.15, -0.1) is 0 Å². The van der Waals surface area contributed by atoms with Gasteiger partial charge in [0.05, 0.1) is 16.4 Å². The van der Waals surface area contributed by atoms with Gasteiger partial charge in [0.25, 0.3) is 0 Å². The first kappa shape index (κ1) is 13.6. The van der Waals surface area contributed by atoms with Gasteiger partial charge >= 0.3 is 5.97 Å². The molecule has 0 unspecified atom stereocenters. The molecule has 102 valence electrons. The maximum absolute atomic E-state index is 11.2. The van der Waals surface area contributed by atoms with Crippen LogP contribution in [-0.4, -0.2) is 20.6 Å². The Morgan fingerprint density at radius 2 is 2.11 bits per heavy atom. The molecule has 0 amide bonds. The molecule has 19 heavy (non-hydrogen) atoms. The Bertz CT molecular complexity index is 626. The van der Waals surface area contributed by atoms with Crippen LogP contribution in [0.4, 0.5) is 0 Å². The highest BCUT2D eigenvalue weighted by atomic mass is 16.4. The Balaban J connectivity index is 2.45. The summed E-state index contributed by atoms with van der Waals surface area (Å²) in [6.07, 6.45) is 1.41. The number of aromatic nitrogens is 2. The largest absolute Gasteiger partial charge is 0.481 e. The lowest BCUT2D eigenvalue weighted by molar-refractivity contribution is -0.146. The molecule has 0 fully saturated rings. The average Bonchev–Trinajstić information content (AvgIpc) is 2.65. The van der Waals surface area contributed by atoms with E-state index in [0.29, 0.717) is 6.42 Å². The standard InChI is InChI=1S/C15H20N2O2/c1-5-10-6-7-11-12(8-10)17(4)13(16-11)9-15(2,3)14(18)19/h6-8H,5,9H2,1-4H3,(H,18,19). The molecule has 2 aromatic rings. The molecule has 0 saturated carbocycles. The summed E-state index contributed by atoms with van der Waals surface area (Å²) in [6, 6.07) is 6.20. The second kappa shape index (κ2) is 4.68. The zero-order valence-electron chi connectivity index (χ0n) is 11.9. The molecule has 2 rings (SSSR count). The summed E-state index contributed by atoms with van der Waals surface area (Å²) in [5, 5.41) is 9.21. The van der Waals surface area contributed by atoms with Crippen LogP contribution in [0, 0.1) is 5.41 Å². The van der Waals surface area contributed by atoms with Gasteiger partial charge in [-0.1, -0.05) is 13.0 Å². The number of hydrogen-bond acceptors (Lipinski definition) is 2. The zero-order valence-corrected chi connectivity index (χ0v) is 11.9. The van der Waals surface area contributed by atoms with E-state index >= 15 is 0 Å². The Kier molecular flexibility index (Phi) is 3.35. The Morgan fingerprint density at radius 3 is 2.68 bits per heavy atom. The summed E-state index contributed by atoms with van der Waals surface area (Å²) >= 11 is 0. The van der Waals surface area contributed by atoms with Gasteiger partial charge in [-0.05, 0) is 38.0 Å². The van der Waals surface area contributed by atoms with Crippen molar-refractivity contribution in [2.45, 2.75) is 33.6 Å². The predicted octanol–water partition coefficient (Wildman–Crippen LogP) is 2.79. The van der Waals surface area contributed by atoms with Gasteiger partial charge in [-0.25, -0.2) is 4.98 Å². The van der Waals surface area contributed by atoms with Crippen LogP contribution in [0.5, 0.6) is 0 Å².